The zero-order chi connectivity index (χ0) is 31.8. The second kappa shape index (κ2) is 10.6. The molecular weight excluding hydrogens is 578 g/mol. The van der Waals surface area contributed by atoms with Crippen molar-refractivity contribution in [3.05, 3.63) is 109 Å². The third kappa shape index (κ3) is 4.68. The minimum atomic E-state index is 0.0221. The van der Waals surface area contributed by atoms with E-state index in [0.717, 1.165) is 52.4 Å². The summed E-state index contributed by atoms with van der Waals surface area (Å²) in [6.45, 7) is 7.55. The van der Waals surface area contributed by atoms with Crippen LogP contribution in [0, 0.1) is 5.92 Å². The molecule has 4 heterocycles. The number of ether oxygens (including phenoxy) is 1. The van der Waals surface area contributed by atoms with E-state index >= 15 is 0 Å². The number of benzene rings is 3. The Labute approximate surface area is 276 Å². The Hall–Kier alpha value is -4.84. The molecule has 0 saturated heterocycles. The van der Waals surface area contributed by atoms with Gasteiger partial charge in [-0.15, -0.1) is 0 Å². The zero-order valence-corrected chi connectivity index (χ0v) is 27.5. The molecule has 3 aromatic carbocycles. The topological polar surface area (TPSA) is 46.4 Å². The van der Waals surface area contributed by atoms with Crippen molar-refractivity contribution in [1.29, 1.82) is 0 Å². The molecule has 3 aliphatic carbocycles. The number of hydrogen-bond acceptors (Lipinski definition) is 5. The van der Waals surface area contributed by atoms with E-state index in [2.05, 4.69) is 126 Å². The first-order valence-electron chi connectivity index (χ1n) is 17.1. The molecule has 6 aromatic rings. The number of pyridine rings is 2. The lowest BCUT2D eigenvalue weighted by molar-refractivity contribution is 0.132. The second-order valence-corrected chi connectivity index (χ2v) is 14.8. The molecule has 0 N–H and O–H groups in total. The van der Waals surface area contributed by atoms with Crippen molar-refractivity contribution >= 4 is 39.0 Å². The van der Waals surface area contributed by atoms with Crippen LogP contribution in [0.5, 0.6) is 11.5 Å². The van der Waals surface area contributed by atoms with Crippen molar-refractivity contribution < 1.29 is 4.74 Å². The minimum Gasteiger partial charge on any atom is -0.457 e. The van der Waals surface area contributed by atoms with Crippen molar-refractivity contribution in [2.24, 2.45) is 5.92 Å². The fraction of sp³-hybridized carbons (Fsp3) is 0.317. The molecule has 0 amide bonds. The molecule has 2 bridgehead atoms. The summed E-state index contributed by atoms with van der Waals surface area (Å²) in [5.41, 5.74) is 6.03. The van der Waals surface area contributed by atoms with Gasteiger partial charge in [-0.25, -0.2) is 9.97 Å². The first-order valence-corrected chi connectivity index (χ1v) is 17.1. The highest BCUT2D eigenvalue weighted by Crippen LogP contribution is 2.53. The molecule has 4 aliphatic rings. The average Bonchev–Trinajstić information content (AvgIpc) is 3.66. The van der Waals surface area contributed by atoms with Crippen LogP contribution in [0.25, 0.3) is 27.6 Å². The van der Waals surface area contributed by atoms with Crippen LogP contribution >= 0.6 is 0 Å². The van der Waals surface area contributed by atoms with Gasteiger partial charge in [-0.2, -0.15) is 0 Å². The molecule has 6 heteroatoms. The number of anilines is 3. The van der Waals surface area contributed by atoms with E-state index in [-0.39, 0.29) is 11.0 Å². The van der Waals surface area contributed by atoms with Crippen LogP contribution in [0.15, 0.2) is 103 Å². The third-order valence-corrected chi connectivity index (χ3v) is 11.1. The van der Waals surface area contributed by atoms with Gasteiger partial charge in [-0.05, 0) is 110 Å². The lowest BCUT2D eigenvalue weighted by Gasteiger charge is -2.52. The van der Waals surface area contributed by atoms with E-state index in [4.69, 9.17) is 14.7 Å². The van der Waals surface area contributed by atoms with Crippen LogP contribution in [0.3, 0.4) is 0 Å². The molecular formula is C41H41N5O. The van der Waals surface area contributed by atoms with E-state index in [1.807, 2.05) is 12.4 Å². The van der Waals surface area contributed by atoms with Crippen molar-refractivity contribution in [1.82, 2.24) is 14.5 Å². The summed E-state index contributed by atoms with van der Waals surface area (Å²) in [6, 6.07) is 32.1. The van der Waals surface area contributed by atoms with Crippen LogP contribution < -0.4 is 14.5 Å². The van der Waals surface area contributed by atoms with Crippen LogP contribution in [-0.4, -0.2) is 26.7 Å². The van der Waals surface area contributed by atoms with Gasteiger partial charge in [0.05, 0.1) is 23.4 Å². The van der Waals surface area contributed by atoms with Crippen LogP contribution in [0.2, 0.25) is 0 Å². The van der Waals surface area contributed by atoms with Crippen LogP contribution in [0.1, 0.15) is 64.9 Å². The van der Waals surface area contributed by atoms with Gasteiger partial charge in [0.25, 0.3) is 0 Å². The molecule has 236 valence electrons. The summed E-state index contributed by atoms with van der Waals surface area (Å²) in [5.74, 6) is 4.59. The van der Waals surface area contributed by atoms with Crippen LogP contribution in [0.4, 0.5) is 17.2 Å². The quantitative estimate of drug-likeness (QED) is 0.192. The number of rotatable bonds is 5. The second-order valence-electron chi connectivity index (χ2n) is 14.8. The van der Waals surface area contributed by atoms with E-state index in [1.165, 1.54) is 60.5 Å². The number of para-hydroxylation sites is 1. The van der Waals surface area contributed by atoms with Gasteiger partial charge in [0.15, 0.2) is 5.82 Å². The van der Waals surface area contributed by atoms with E-state index in [9.17, 15) is 0 Å². The standard InChI is InChI=1S/C41H41N5O/c1-40(2,3)29-18-23-42-38(24-29)46-35-11-5-4-10-33(35)34-14-13-32(26-37(34)46)47-31-9-6-8-30(25-31)44-27-45(39-36(44)12-7-22-43-39)41-19-15-28(16-20-41)17-21-41/h4-14,18,22-26,28H,15-17,19-21,27H2,1-3H3. The van der Waals surface area contributed by atoms with Gasteiger partial charge in [-0.1, -0.05) is 45.0 Å². The average molecular weight is 620 g/mol. The fourth-order valence-corrected chi connectivity index (χ4v) is 8.44. The van der Waals surface area contributed by atoms with Crippen molar-refractivity contribution in [2.45, 2.75) is 70.3 Å². The first-order chi connectivity index (χ1) is 22.9. The predicted molar refractivity (Wildman–Crippen MR) is 191 cm³/mol. The number of nitrogens with zero attached hydrogens (tertiary/aromatic N) is 5. The molecule has 3 saturated carbocycles. The molecule has 3 fully saturated rings. The lowest BCUT2D eigenvalue weighted by Crippen LogP contribution is -2.55. The zero-order valence-electron chi connectivity index (χ0n) is 27.5. The van der Waals surface area contributed by atoms with Crippen molar-refractivity contribution in [3.63, 3.8) is 0 Å². The smallest absolute Gasteiger partial charge is 0.154 e. The Morgan fingerprint density at radius 3 is 2.34 bits per heavy atom. The van der Waals surface area contributed by atoms with E-state index < -0.39 is 0 Å². The van der Waals surface area contributed by atoms with Gasteiger partial charge in [0.2, 0.25) is 0 Å². The van der Waals surface area contributed by atoms with Crippen LogP contribution in [-0.2, 0) is 5.41 Å². The Kier molecular flexibility index (Phi) is 6.40. The molecule has 6 nitrogen and oxygen atoms in total. The summed E-state index contributed by atoms with van der Waals surface area (Å²) in [5, 5.41) is 2.39. The summed E-state index contributed by atoms with van der Waals surface area (Å²) in [7, 11) is 0. The Morgan fingerprint density at radius 2 is 1.51 bits per heavy atom. The molecule has 0 unspecified atom stereocenters. The molecule has 1 aliphatic heterocycles. The maximum absolute atomic E-state index is 6.64. The number of aromatic nitrogens is 3. The SMILES string of the molecule is CC(C)(C)c1ccnc(-n2c3ccccc3c3ccc(Oc4cccc(N5CN(C67CCC(CC6)CC7)c6ncccc65)c4)cc32)c1. The highest BCUT2D eigenvalue weighted by molar-refractivity contribution is 6.09. The Bertz CT molecular complexity index is 2120. The third-order valence-electron chi connectivity index (χ3n) is 11.1. The Balaban J connectivity index is 1.07. The Morgan fingerprint density at radius 1 is 0.723 bits per heavy atom. The summed E-state index contributed by atoms with van der Waals surface area (Å²) in [4.78, 5) is 14.8. The molecule has 0 spiro atoms. The number of hydrogen-bond donors (Lipinski definition) is 0. The summed E-state index contributed by atoms with van der Waals surface area (Å²) < 4.78 is 8.91. The van der Waals surface area contributed by atoms with E-state index in [1.54, 1.807) is 0 Å². The monoisotopic (exact) mass is 619 g/mol. The molecule has 10 rings (SSSR count). The minimum absolute atomic E-state index is 0.0221. The van der Waals surface area contributed by atoms with Gasteiger partial charge in [0, 0.05) is 46.5 Å². The van der Waals surface area contributed by atoms with Crippen molar-refractivity contribution in [3.8, 4) is 17.3 Å². The molecule has 47 heavy (non-hydrogen) atoms. The van der Waals surface area contributed by atoms with Crippen molar-refractivity contribution in [2.75, 3.05) is 16.5 Å². The predicted octanol–water partition coefficient (Wildman–Crippen LogP) is 10.3. The highest BCUT2D eigenvalue weighted by atomic mass is 16.5. The van der Waals surface area contributed by atoms with Gasteiger partial charge >= 0.3 is 0 Å². The summed E-state index contributed by atoms with van der Waals surface area (Å²) >= 11 is 0. The molecule has 0 radical (unpaired) electrons. The molecule has 3 aromatic heterocycles. The largest absolute Gasteiger partial charge is 0.457 e. The van der Waals surface area contributed by atoms with Gasteiger partial charge < -0.3 is 14.5 Å². The lowest BCUT2D eigenvalue weighted by atomic mass is 9.65. The van der Waals surface area contributed by atoms with E-state index in [0.29, 0.717) is 0 Å². The highest BCUT2D eigenvalue weighted by Gasteiger charge is 2.48. The van der Waals surface area contributed by atoms with Gasteiger partial charge in [-0.3, -0.25) is 4.57 Å². The summed E-state index contributed by atoms with van der Waals surface area (Å²) in [6.07, 6.45) is 11.8. The molecule has 0 atom stereocenters. The normalized spacial score (nSPS) is 20.7. The first kappa shape index (κ1) is 28.4. The fourth-order valence-electron chi connectivity index (χ4n) is 8.44. The maximum atomic E-state index is 6.64. The maximum Gasteiger partial charge on any atom is 0.154 e. The van der Waals surface area contributed by atoms with Gasteiger partial charge in [0.1, 0.15) is 17.3 Å². The number of fused-ring (bicyclic) bond motifs is 7.